The maximum Gasteiger partial charge on any atom is 0.135 e. The molecule has 0 amide bonds. The van der Waals surface area contributed by atoms with E-state index in [-0.39, 0.29) is 0 Å². The van der Waals surface area contributed by atoms with Crippen molar-refractivity contribution in [3.8, 4) is 11.1 Å². The zero-order valence-electron chi connectivity index (χ0n) is 12.8. The molecule has 0 aliphatic carbocycles. The van der Waals surface area contributed by atoms with E-state index >= 15 is 0 Å². The number of rotatable bonds is 3. The molecule has 3 heteroatoms. The number of carbonyl (C=O) groups excluding carboxylic acids is 1. The van der Waals surface area contributed by atoms with Crippen LogP contribution in [-0.2, 0) is 11.3 Å². The standard InChI is InChI=1S/C19H20ClNO/c1-14-12-18(22)10-11-21(14)13-16-4-2-3-5-19(16)15-6-8-17(20)9-7-15/h2-9,14H,10-13H2,1H3/t14-/m0/s1. The van der Waals surface area contributed by atoms with Crippen LogP contribution in [0.15, 0.2) is 48.5 Å². The van der Waals surface area contributed by atoms with Gasteiger partial charge < -0.3 is 0 Å². The highest BCUT2D eigenvalue weighted by Crippen LogP contribution is 2.27. The minimum absolute atomic E-state index is 0.319. The predicted molar refractivity (Wildman–Crippen MR) is 91.0 cm³/mol. The van der Waals surface area contributed by atoms with Gasteiger partial charge in [0, 0.05) is 37.0 Å². The molecule has 0 unspecified atom stereocenters. The van der Waals surface area contributed by atoms with E-state index in [4.69, 9.17) is 11.6 Å². The van der Waals surface area contributed by atoms with E-state index in [9.17, 15) is 4.79 Å². The fraction of sp³-hybridized carbons (Fsp3) is 0.316. The minimum atomic E-state index is 0.319. The molecule has 22 heavy (non-hydrogen) atoms. The lowest BCUT2D eigenvalue weighted by atomic mass is 9.97. The molecule has 1 atom stereocenters. The van der Waals surface area contributed by atoms with E-state index in [1.807, 2.05) is 12.1 Å². The van der Waals surface area contributed by atoms with Gasteiger partial charge in [0.1, 0.15) is 5.78 Å². The molecule has 0 N–H and O–H groups in total. The second-order valence-corrected chi connectivity index (χ2v) is 6.41. The van der Waals surface area contributed by atoms with Crippen molar-refractivity contribution in [2.24, 2.45) is 0 Å². The van der Waals surface area contributed by atoms with E-state index in [0.717, 1.165) is 18.1 Å². The highest BCUT2D eigenvalue weighted by Gasteiger charge is 2.23. The third-order valence-electron chi connectivity index (χ3n) is 4.37. The summed E-state index contributed by atoms with van der Waals surface area (Å²) in [6.45, 7) is 3.88. The quantitative estimate of drug-likeness (QED) is 0.828. The minimum Gasteiger partial charge on any atom is -0.300 e. The van der Waals surface area contributed by atoms with Crippen molar-refractivity contribution in [1.29, 1.82) is 0 Å². The molecule has 2 aromatic carbocycles. The van der Waals surface area contributed by atoms with Gasteiger partial charge in [-0.15, -0.1) is 0 Å². The Kier molecular flexibility index (Phi) is 4.60. The summed E-state index contributed by atoms with van der Waals surface area (Å²) in [7, 11) is 0. The Hall–Kier alpha value is -1.64. The lowest BCUT2D eigenvalue weighted by molar-refractivity contribution is -0.123. The maximum absolute atomic E-state index is 11.6. The molecule has 0 radical (unpaired) electrons. The molecule has 1 aliphatic heterocycles. The van der Waals surface area contributed by atoms with Crippen molar-refractivity contribution in [2.75, 3.05) is 6.54 Å². The number of benzene rings is 2. The molecule has 0 saturated carbocycles. The summed E-state index contributed by atoms with van der Waals surface area (Å²) >= 11 is 5.99. The van der Waals surface area contributed by atoms with Gasteiger partial charge in [0.25, 0.3) is 0 Å². The first-order valence-electron chi connectivity index (χ1n) is 7.73. The Morgan fingerprint density at radius 2 is 1.86 bits per heavy atom. The number of hydrogen-bond donors (Lipinski definition) is 0. The van der Waals surface area contributed by atoms with Gasteiger partial charge in [-0.25, -0.2) is 0 Å². The van der Waals surface area contributed by atoms with Crippen LogP contribution in [0.5, 0.6) is 0 Å². The van der Waals surface area contributed by atoms with Gasteiger partial charge in [0.05, 0.1) is 0 Å². The van der Waals surface area contributed by atoms with Gasteiger partial charge in [-0.1, -0.05) is 48.0 Å². The van der Waals surface area contributed by atoms with Crippen molar-refractivity contribution in [1.82, 2.24) is 4.90 Å². The summed E-state index contributed by atoms with van der Waals surface area (Å²) in [5.41, 5.74) is 3.72. The van der Waals surface area contributed by atoms with E-state index in [1.165, 1.54) is 16.7 Å². The van der Waals surface area contributed by atoms with Crippen molar-refractivity contribution in [3.63, 3.8) is 0 Å². The monoisotopic (exact) mass is 313 g/mol. The topological polar surface area (TPSA) is 20.3 Å². The molecule has 114 valence electrons. The zero-order chi connectivity index (χ0) is 15.5. The van der Waals surface area contributed by atoms with Gasteiger partial charge in [-0.3, -0.25) is 9.69 Å². The smallest absolute Gasteiger partial charge is 0.135 e. The van der Waals surface area contributed by atoms with E-state index < -0.39 is 0 Å². The first kappa shape index (κ1) is 15.3. The second-order valence-electron chi connectivity index (χ2n) is 5.98. The summed E-state index contributed by atoms with van der Waals surface area (Å²) in [6.07, 6.45) is 1.34. The summed E-state index contributed by atoms with van der Waals surface area (Å²) in [4.78, 5) is 14.0. The molecule has 0 bridgehead atoms. The van der Waals surface area contributed by atoms with Crippen LogP contribution in [0.1, 0.15) is 25.3 Å². The highest BCUT2D eigenvalue weighted by atomic mass is 35.5. The lowest BCUT2D eigenvalue weighted by Crippen LogP contribution is -2.40. The molecule has 2 nitrogen and oxygen atoms in total. The van der Waals surface area contributed by atoms with Crippen LogP contribution in [0.4, 0.5) is 0 Å². The molecular formula is C19H20ClNO. The Morgan fingerprint density at radius 1 is 1.14 bits per heavy atom. The van der Waals surface area contributed by atoms with Gasteiger partial charge >= 0.3 is 0 Å². The lowest BCUT2D eigenvalue weighted by Gasteiger charge is -2.33. The molecule has 1 aliphatic rings. The summed E-state index contributed by atoms with van der Waals surface area (Å²) < 4.78 is 0. The third-order valence-corrected chi connectivity index (χ3v) is 4.62. The normalized spacial score (nSPS) is 19.4. The summed E-state index contributed by atoms with van der Waals surface area (Å²) in [5.74, 6) is 0.384. The largest absolute Gasteiger partial charge is 0.300 e. The van der Waals surface area contributed by atoms with Crippen LogP contribution in [0.2, 0.25) is 5.02 Å². The molecule has 0 aromatic heterocycles. The molecule has 1 heterocycles. The van der Waals surface area contributed by atoms with Gasteiger partial charge in [-0.05, 0) is 35.7 Å². The average molecular weight is 314 g/mol. The van der Waals surface area contributed by atoms with Crippen LogP contribution in [0, 0.1) is 0 Å². The third kappa shape index (κ3) is 3.40. The van der Waals surface area contributed by atoms with Gasteiger partial charge in [-0.2, -0.15) is 0 Å². The molecule has 1 fully saturated rings. The highest BCUT2D eigenvalue weighted by molar-refractivity contribution is 6.30. The Labute approximate surface area is 136 Å². The molecule has 0 spiro atoms. The van der Waals surface area contributed by atoms with Crippen LogP contribution in [0.25, 0.3) is 11.1 Å². The number of piperidine rings is 1. The Morgan fingerprint density at radius 3 is 2.59 bits per heavy atom. The van der Waals surface area contributed by atoms with Gasteiger partial charge in [0.2, 0.25) is 0 Å². The molecule has 3 rings (SSSR count). The van der Waals surface area contributed by atoms with Crippen molar-refractivity contribution in [2.45, 2.75) is 32.4 Å². The Balaban J connectivity index is 1.85. The number of halogens is 1. The zero-order valence-corrected chi connectivity index (χ0v) is 13.5. The fourth-order valence-electron chi connectivity index (χ4n) is 3.07. The average Bonchev–Trinajstić information content (AvgIpc) is 2.51. The molecule has 2 aromatic rings. The fourth-order valence-corrected chi connectivity index (χ4v) is 3.20. The second kappa shape index (κ2) is 6.64. The first-order valence-corrected chi connectivity index (χ1v) is 8.11. The Bertz CT molecular complexity index is 665. The number of Topliss-reactive ketones (excluding diaryl/α,β-unsaturated/α-hetero) is 1. The van der Waals surface area contributed by atoms with E-state index in [2.05, 4.69) is 48.2 Å². The summed E-state index contributed by atoms with van der Waals surface area (Å²) in [5, 5.41) is 0.754. The van der Waals surface area contributed by atoms with E-state index in [1.54, 1.807) is 0 Å². The van der Waals surface area contributed by atoms with Crippen LogP contribution in [-0.4, -0.2) is 23.3 Å². The van der Waals surface area contributed by atoms with Crippen molar-refractivity contribution < 1.29 is 4.79 Å². The number of likely N-dealkylation sites (tertiary alicyclic amines) is 1. The number of ketones is 1. The van der Waals surface area contributed by atoms with Crippen molar-refractivity contribution >= 4 is 17.4 Å². The van der Waals surface area contributed by atoms with Gasteiger partial charge in [0.15, 0.2) is 0 Å². The SMILES string of the molecule is C[C@H]1CC(=O)CCN1Cc1ccccc1-c1ccc(Cl)cc1. The predicted octanol–water partition coefficient (Wildman–Crippen LogP) is 4.56. The van der Waals surface area contributed by atoms with Crippen LogP contribution < -0.4 is 0 Å². The summed E-state index contributed by atoms with van der Waals surface area (Å²) in [6, 6.07) is 16.8. The van der Waals surface area contributed by atoms with Crippen LogP contribution in [0.3, 0.4) is 0 Å². The number of hydrogen-bond acceptors (Lipinski definition) is 2. The maximum atomic E-state index is 11.6. The first-order chi connectivity index (χ1) is 10.6. The molecular weight excluding hydrogens is 294 g/mol. The number of carbonyl (C=O) groups is 1. The van der Waals surface area contributed by atoms with Crippen molar-refractivity contribution in [3.05, 3.63) is 59.1 Å². The van der Waals surface area contributed by atoms with Crippen LogP contribution >= 0.6 is 11.6 Å². The van der Waals surface area contributed by atoms with E-state index in [0.29, 0.717) is 24.7 Å². The molecule has 1 saturated heterocycles. The number of nitrogens with zero attached hydrogens (tertiary/aromatic N) is 1.